The van der Waals surface area contributed by atoms with Crippen molar-refractivity contribution in [2.75, 3.05) is 6.54 Å². The first-order valence-electron chi connectivity index (χ1n) is 7.81. The molecule has 0 unspecified atom stereocenters. The van der Waals surface area contributed by atoms with Gasteiger partial charge >= 0.3 is 0 Å². The molecule has 122 valence electrons. The lowest BCUT2D eigenvalue weighted by molar-refractivity contribution is 0.545. The Bertz CT molecular complexity index is 496. The number of hydrogen-bond donors (Lipinski definition) is 2. The van der Waals surface area contributed by atoms with Gasteiger partial charge in [-0.05, 0) is 49.1 Å². The van der Waals surface area contributed by atoms with E-state index in [9.17, 15) is 0 Å². The molecule has 0 bridgehead atoms. The molecule has 0 saturated heterocycles. The quantitative estimate of drug-likeness (QED) is 0.802. The first kappa shape index (κ1) is 20.0. The van der Waals surface area contributed by atoms with Crippen LogP contribution in [0.15, 0.2) is 49.2 Å². The molecular formula is C20H32N2. The van der Waals surface area contributed by atoms with Gasteiger partial charge in [-0.1, -0.05) is 63.8 Å². The summed E-state index contributed by atoms with van der Waals surface area (Å²) in [6.45, 7) is 17.7. The summed E-state index contributed by atoms with van der Waals surface area (Å²) < 4.78 is 0. The summed E-state index contributed by atoms with van der Waals surface area (Å²) in [5.74, 6) is 0. The zero-order chi connectivity index (χ0) is 17.2. The molecule has 0 radical (unpaired) electrons. The van der Waals surface area contributed by atoms with E-state index < -0.39 is 0 Å². The highest BCUT2D eigenvalue weighted by molar-refractivity contribution is 5.68. The first-order valence-corrected chi connectivity index (χ1v) is 7.81. The van der Waals surface area contributed by atoms with Crippen molar-refractivity contribution >= 4 is 11.3 Å². The summed E-state index contributed by atoms with van der Waals surface area (Å²) in [7, 11) is 0. The van der Waals surface area contributed by atoms with E-state index in [2.05, 4.69) is 76.9 Å². The Balaban J connectivity index is 0.000000980. The summed E-state index contributed by atoms with van der Waals surface area (Å²) in [6.07, 6.45) is 5.58. The van der Waals surface area contributed by atoms with E-state index in [1.54, 1.807) is 6.08 Å². The van der Waals surface area contributed by atoms with Crippen molar-refractivity contribution in [1.29, 1.82) is 0 Å². The molecule has 1 aromatic rings. The van der Waals surface area contributed by atoms with Crippen LogP contribution in [0.25, 0.3) is 11.3 Å². The molecule has 2 nitrogen and oxygen atoms in total. The van der Waals surface area contributed by atoms with Crippen LogP contribution in [0.3, 0.4) is 0 Å². The summed E-state index contributed by atoms with van der Waals surface area (Å²) in [5.41, 5.74) is 9.81. The van der Waals surface area contributed by atoms with E-state index in [-0.39, 0.29) is 5.41 Å². The first-order chi connectivity index (χ1) is 10.2. The predicted octanol–water partition coefficient (Wildman–Crippen LogP) is 5.19. The molecule has 0 aromatic heterocycles. The maximum Gasteiger partial charge on any atom is 0.0340 e. The molecule has 0 amide bonds. The maximum atomic E-state index is 4.85. The molecule has 0 fully saturated rings. The lowest BCUT2D eigenvalue weighted by Gasteiger charge is -2.15. The third kappa shape index (κ3) is 8.35. The third-order valence-electron chi connectivity index (χ3n) is 2.92. The normalized spacial score (nSPS) is 11.8. The molecule has 2 heteroatoms. The third-order valence-corrected chi connectivity index (χ3v) is 2.92. The highest BCUT2D eigenvalue weighted by Gasteiger charge is 2.07. The fourth-order valence-corrected chi connectivity index (χ4v) is 1.98. The van der Waals surface area contributed by atoms with Crippen LogP contribution in [0.4, 0.5) is 0 Å². The van der Waals surface area contributed by atoms with E-state index in [1.807, 2.05) is 6.92 Å². The second-order valence-electron chi connectivity index (χ2n) is 6.31. The monoisotopic (exact) mass is 300 g/mol. The van der Waals surface area contributed by atoms with E-state index >= 15 is 0 Å². The van der Waals surface area contributed by atoms with Crippen LogP contribution in [0.1, 0.15) is 52.7 Å². The molecule has 0 atom stereocenters. The molecule has 0 spiro atoms. The van der Waals surface area contributed by atoms with Crippen LogP contribution in [0, 0.1) is 5.41 Å². The molecule has 1 rings (SSSR count). The Hall–Kier alpha value is -1.96. The second-order valence-corrected chi connectivity index (χ2v) is 6.31. The van der Waals surface area contributed by atoms with Crippen LogP contribution in [0.2, 0.25) is 0 Å². The van der Waals surface area contributed by atoms with Gasteiger partial charge < -0.3 is 11.1 Å². The molecule has 0 aliphatic rings. The van der Waals surface area contributed by atoms with Crippen LogP contribution in [0.5, 0.6) is 0 Å². The molecule has 0 aliphatic carbocycles. The van der Waals surface area contributed by atoms with Gasteiger partial charge in [-0.3, -0.25) is 0 Å². The van der Waals surface area contributed by atoms with Gasteiger partial charge in [0.05, 0.1) is 0 Å². The molecule has 3 N–H and O–H groups in total. The smallest absolute Gasteiger partial charge is 0.0340 e. The lowest BCUT2D eigenvalue weighted by Crippen LogP contribution is -2.09. The van der Waals surface area contributed by atoms with Gasteiger partial charge in [-0.15, -0.1) is 0 Å². The Kier molecular flexibility index (Phi) is 9.00. The Morgan fingerprint density at radius 1 is 1.18 bits per heavy atom. The molecule has 0 heterocycles. The zero-order valence-electron chi connectivity index (χ0n) is 15.0. The van der Waals surface area contributed by atoms with Crippen LogP contribution in [-0.2, 0) is 0 Å². The fourth-order valence-electron chi connectivity index (χ4n) is 1.98. The SMILES string of the molecule is C/C=C\N.C=C(NCC)c1ccc(/C(C)=C/C(C)(C)C)cc1. The van der Waals surface area contributed by atoms with Crippen molar-refractivity contribution in [1.82, 2.24) is 5.32 Å². The van der Waals surface area contributed by atoms with Gasteiger partial charge in [-0.25, -0.2) is 0 Å². The van der Waals surface area contributed by atoms with Gasteiger partial charge in [0.15, 0.2) is 0 Å². The Labute approximate surface area is 136 Å². The van der Waals surface area contributed by atoms with Crippen molar-refractivity contribution in [3.05, 3.63) is 60.3 Å². The minimum atomic E-state index is 0.218. The van der Waals surface area contributed by atoms with E-state index in [1.165, 1.54) is 17.3 Å². The lowest BCUT2D eigenvalue weighted by atomic mass is 9.91. The van der Waals surface area contributed by atoms with Gasteiger partial charge in [0.2, 0.25) is 0 Å². The van der Waals surface area contributed by atoms with E-state index in [0.29, 0.717) is 0 Å². The van der Waals surface area contributed by atoms with Crippen LogP contribution >= 0.6 is 0 Å². The average Bonchev–Trinajstić information content (AvgIpc) is 2.46. The summed E-state index contributed by atoms with van der Waals surface area (Å²) in [6, 6.07) is 8.57. The Morgan fingerprint density at radius 2 is 1.64 bits per heavy atom. The summed E-state index contributed by atoms with van der Waals surface area (Å²) in [5, 5.41) is 3.24. The average molecular weight is 300 g/mol. The van der Waals surface area contributed by atoms with Gasteiger partial charge in [0, 0.05) is 12.2 Å². The van der Waals surface area contributed by atoms with Gasteiger partial charge in [0.25, 0.3) is 0 Å². The minimum absolute atomic E-state index is 0.218. The highest BCUT2D eigenvalue weighted by atomic mass is 14.9. The van der Waals surface area contributed by atoms with Crippen molar-refractivity contribution in [2.45, 2.75) is 41.5 Å². The summed E-state index contributed by atoms with van der Waals surface area (Å²) in [4.78, 5) is 0. The molecular weight excluding hydrogens is 268 g/mol. The maximum absolute atomic E-state index is 4.85. The number of rotatable bonds is 4. The second kappa shape index (κ2) is 9.88. The van der Waals surface area contributed by atoms with Crippen molar-refractivity contribution in [2.24, 2.45) is 11.1 Å². The molecule has 22 heavy (non-hydrogen) atoms. The van der Waals surface area contributed by atoms with Crippen molar-refractivity contribution < 1.29 is 0 Å². The Morgan fingerprint density at radius 3 is 2.00 bits per heavy atom. The molecule has 0 saturated carbocycles. The molecule has 0 aliphatic heterocycles. The number of nitrogens with one attached hydrogen (secondary N) is 1. The largest absolute Gasteiger partial charge is 0.405 e. The summed E-state index contributed by atoms with van der Waals surface area (Å²) >= 11 is 0. The van der Waals surface area contributed by atoms with Crippen molar-refractivity contribution in [3.8, 4) is 0 Å². The highest BCUT2D eigenvalue weighted by Crippen LogP contribution is 2.24. The number of hydrogen-bond acceptors (Lipinski definition) is 2. The molecule has 1 aromatic carbocycles. The standard InChI is InChI=1S/C17H25N.C3H7N/c1-7-18-14(3)16-10-8-15(9-11-16)13(2)12-17(4,5)6;1-2-3-4/h8-12,18H,3,7H2,1-2,4-6H3;2-3H,4H2,1H3/b13-12+;3-2-. The number of nitrogens with two attached hydrogens (primary N) is 1. The van der Waals surface area contributed by atoms with E-state index in [0.717, 1.165) is 17.8 Å². The fraction of sp³-hybridized carbons (Fsp3) is 0.400. The minimum Gasteiger partial charge on any atom is -0.405 e. The number of benzene rings is 1. The zero-order valence-corrected chi connectivity index (χ0v) is 15.0. The topological polar surface area (TPSA) is 38.0 Å². The van der Waals surface area contributed by atoms with Crippen LogP contribution < -0.4 is 11.1 Å². The van der Waals surface area contributed by atoms with Crippen molar-refractivity contribution in [3.63, 3.8) is 0 Å². The van der Waals surface area contributed by atoms with Gasteiger partial charge in [0.1, 0.15) is 0 Å². The van der Waals surface area contributed by atoms with Gasteiger partial charge in [-0.2, -0.15) is 0 Å². The number of allylic oxidation sites excluding steroid dienone is 3. The van der Waals surface area contributed by atoms with E-state index in [4.69, 9.17) is 5.73 Å². The van der Waals surface area contributed by atoms with Crippen LogP contribution in [-0.4, -0.2) is 6.54 Å². The predicted molar refractivity (Wildman–Crippen MR) is 101 cm³/mol.